The summed E-state index contributed by atoms with van der Waals surface area (Å²) in [6, 6.07) is 7.51. The van der Waals surface area contributed by atoms with Crippen molar-refractivity contribution >= 4 is 16.6 Å². The van der Waals surface area contributed by atoms with Gasteiger partial charge in [0.05, 0.1) is 24.0 Å². The highest BCUT2D eigenvalue weighted by Crippen LogP contribution is 2.31. The van der Waals surface area contributed by atoms with Crippen molar-refractivity contribution in [2.24, 2.45) is 7.05 Å². The fraction of sp³-hybridized carbons (Fsp3) is 0.250. The summed E-state index contributed by atoms with van der Waals surface area (Å²) in [5.41, 5.74) is 9.16. The van der Waals surface area contributed by atoms with Crippen molar-refractivity contribution in [1.82, 2.24) is 14.8 Å². The molecule has 0 saturated heterocycles. The summed E-state index contributed by atoms with van der Waals surface area (Å²) in [5.74, 6) is 0.744. The van der Waals surface area contributed by atoms with E-state index < -0.39 is 0 Å². The molecule has 2 N–H and O–H groups in total. The Hall–Kier alpha value is -2.60. The van der Waals surface area contributed by atoms with Gasteiger partial charge in [-0.25, -0.2) is 4.98 Å². The van der Waals surface area contributed by atoms with E-state index in [1.165, 1.54) is 0 Å². The van der Waals surface area contributed by atoms with Gasteiger partial charge in [-0.15, -0.1) is 0 Å². The van der Waals surface area contributed by atoms with Crippen LogP contribution in [0.25, 0.3) is 22.2 Å². The number of nitrogens with zero attached hydrogens (tertiary/aromatic N) is 3. The van der Waals surface area contributed by atoms with Crippen molar-refractivity contribution < 1.29 is 9.47 Å². The third kappa shape index (κ3) is 2.87. The number of anilines is 1. The Morgan fingerprint density at radius 3 is 2.82 bits per heavy atom. The molecule has 0 aliphatic carbocycles. The van der Waals surface area contributed by atoms with E-state index in [1.807, 2.05) is 37.5 Å². The third-order valence-electron chi connectivity index (χ3n) is 3.34. The number of nitrogens with two attached hydrogens (primary N) is 1. The first-order valence-corrected chi connectivity index (χ1v) is 6.98. The van der Waals surface area contributed by atoms with E-state index in [9.17, 15) is 0 Å². The van der Waals surface area contributed by atoms with Gasteiger partial charge in [-0.1, -0.05) is 0 Å². The summed E-state index contributed by atoms with van der Waals surface area (Å²) in [7, 11) is 3.52. The molecule has 0 aliphatic rings. The molecular weight excluding hydrogens is 280 g/mol. The number of aromatic nitrogens is 3. The van der Waals surface area contributed by atoms with Crippen LogP contribution in [0.5, 0.6) is 5.75 Å². The van der Waals surface area contributed by atoms with Gasteiger partial charge in [0, 0.05) is 43.1 Å². The van der Waals surface area contributed by atoms with Gasteiger partial charge in [0.15, 0.2) is 0 Å². The summed E-state index contributed by atoms with van der Waals surface area (Å²) >= 11 is 0. The predicted molar refractivity (Wildman–Crippen MR) is 85.7 cm³/mol. The number of rotatable bonds is 5. The molecule has 0 amide bonds. The van der Waals surface area contributed by atoms with Gasteiger partial charge in [0.2, 0.25) is 0 Å². The number of methoxy groups -OCH3 is 1. The normalized spacial score (nSPS) is 11.0. The van der Waals surface area contributed by atoms with Crippen molar-refractivity contribution in [3.05, 3.63) is 36.7 Å². The van der Waals surface area contributed by atoms with Crippen LogP contribution in [0.4, 0.5) is 5.69 Å². The maximum Gasteiger partial charge on any atom is 0.131 e. The molecule has 0 saturated carbocycles. The lowest BCUT2D eigenvalue weighted by Crippen LogP contribution is -2.05. The molecule has 2 aromatic heterocycles. The summed E-state index contributed by atoms with van der Waals surface area (Å²) in [4.78, 5) is 4.67. The summed E-state index contributed by atoms with van der Waals surface area (Å²) in [6.07, 6.45) is 3.70. The molecule has 1 aromatic carbocycles. The Morgan fingerprint density at radius 1 is 1.23 bits per heavy atom. The molecular formula is C16H18N4O2. The molecule has 0 atom stereocenters. The summed E-state index contributed by atoms with van der Waals surface area (Å²) < 4.78 is 12.6. The second-order valence-electron chi connectivity index (χ2n) is 5.03. The lowest BCUT2D eigenvalue weighted by Gasteiger charge is -2.11. The highest BCUT2D eigenvalue weighted by atomic mass is 16.5. The molecule has 0 aliphatic heterocycles. The number of pyridine rings is 1. The molecule has 2 heterocycles. The van der Waals surface area contributed by atoms with E-state index in [-0.39, 0.29) is 0 Å². The Bertz CT molecular complexity index is 798. The number of hydrogen-bond acceptors (Lipinski definition) is 5. The fourth-order valence-corrected chi connectivity index (χ4v) is 2.27. The zero-order valence-electron chi connectivity index (χ0n) is 12.6. The average molecular weight is 298 g/mol. The molecule has 0 unspecified atom stereocenters. The number of hydrogen-bond donors (Lipinski definition) is 1. The smallest absolute Gasteiger partial charge is 0.131 e. The standard InChI is InChI=1S/C16H18N4O2/c1-20-10-11(9-18-20)15-8-16(22-6-5-21-2)13-7-12(17)3-4-14(13)19-15/h3-4,7-10H,5-6,17H2,1-2H3. The lowest BCUT2D eigenvalue weighted by atomic mass is 10.1. The van der Waals surface area contributed by atoms with Crippen molar-refractivity contribution in [2.45, 2.75) is 0 Å². The van der Waals surface area contributed by atoms with Gasteiger partial charge >= 0.3 is 0 Å². The van der Waals surface area contributed by atoms with Crippen LogP contribution in [0, 0.1) is 0 Å². The number of aryl methyl sites for hydroxylation is 1. The fourth-order valence-electron chi connectivity index (χ4n) is 2.27. The van der Waals surface area contributed by atoms with E-state index in [2.05, 4.69) is 10.1 Å². The average Bonchev–Trinajstić information content (AvgIpc) is 2.94. The Kier molecular flexibility index (Phi) is 3.93. The number of fused-ring (bicyclic) bond motifs is 1. The van der Waals surface area contributed by atoms with E-state index in [1.54, 1.807) is 18.0 Å². The van der Waals surface area contributed by atoms with Crippen LogP contribution in [0.15, 0.2) is 36.7 Å². The largest absolute Gasteiger partial charge is 0.490 e. The van der Waals surface area contributed by atoms with Crippen LogP contribution in [-0.2, 0) is 11.8 Å². The SMILES string of the molecule is COCCOc1cc(-c2cnn(C)c2)nc2ccc(N)cc12. The minimum absolute atomic E-state index is 0.469. The van der Waals surface area contributed by atoms with Crippen LogP contribution in [0.3, 0.4) is 0 Å². The molecule has 3 rings (SSSR count). The lowest BCUT2D eigenvalue weighted by molar-refractivity contribution is 0.147. The number of nitrogen functional groups attached to an aromatic ring is 1. The predicted octanol–water partition coefficient (Wildman–Crippen LogP) is 2.24. The zero-order valence-corrected chi connectivity index (χ0v) is 12.6. The Balaban J connectivity index is 2.09. The van der Waals surface area contributed by atoms with Gasteiger partial charge < -0.3 is 15.2 Å². The summed E-state index contributed by atoms with van der Waals surface area (Å²) in [6.45, 7) is 0.991. The van der Waals surface area contributed by atoms with Crippen molar-refractivity contribution in [3.8, 4) is 17.0 Å². The molecule has 0 bridgehead atoms. The van der Waals surface area contributed by atoms with Gasteiger partial charge in [0.1, 0.15) is 12.4 Å². The minimum Gasteiger partial charge on any atom is -0.490 e. The van der Waals surface area contributed by atoms with Crippen molar-refractivity contribution in [2.75, 3.05) is 26.1 Å². The van der Waals surface area contributed by atoms with Gasteiger partial charge in [0.25, 0.3) is 0 Å². The zero-order chi connectivity index (χ0) is 15.5. The van der Waals surface area contributed by atoms with Crippen molar-refractivity contribution in [3.63, 3.8) is 0 Å². The molecule has 0 radical (unpaired) electrons. The first-order chi connectivity index (χ1) is 10.7. The monoisotopic (exact) mass is 298 g/mol. The van der Waals surface area contributed by atoms with Crippen LogP contribution in [0.2, 0.25) is 0 Å². The molecule has 6 heteroatoms. The highest BCUT2D eigenvalue weighted by Gasteiger charge is 2.10. The molecule has 6 nitrogen and oxygen atoms in total. The molecule has 114 valence electrons. The van der Waals surface area contributed by atoms with Gasteiger partial charge in [-0.3, -0.25) is 4.68 Å². The van der Waals surface area contributed by atoms with E-state index >= 15 is 0 Å². The van der Waals surface area contributed by atoms with E-state index in [0.717, 1.165) is 27.9 Å². The van der Waals surface area contributed by atoms with Gasteiger partial charge in [-0.2, -0.15) is 5.10 Å². The van der Waals surface area contributed by atoms with Crippen LogP contribution < -0.4 is 10.5 Å². The topological polar surface area (TPSA) is 75.2 Å². The van der Waals surface area contributed by atoms with Crippen LogP contribution >= 0.6 is 0 Å². The third-order valence-corrected chi connectivity index (χ3v) is 3.34. The Morgan fingerprint density at radius 2 is 2.09 bits per heavy atom. The summed E-state index contributed by atoms with van der Waals surface area (Å²) in [5, 5.41) is 5.08. The molecule has 3 aromatic rings. The number of benzene rings is 1. The maximum atomic E-state index is 5.88. The minimum atomic E-state index is 0.469. The van der Waals surface area contributed by atoms with Crippen LogP contribution in [0.1, 0.15) is 0 Å². The first-order valence-electron chi connectivity index (χ1n) is 6.98. The van der Waals surface area contributed by atoms with Crippen molar-refractivity contribution in [1.29, 1.82) is 0 Å². The number of ether oxygens (including phenoxy) is 2. The Labute approximate surface area is 128 Å². The molecule has 0 spiro atoms. The molecule has 0 fully saturated rings. The van der Waals surface area contributed by atoms with Gasteiger partial charge in [-0.05, 0) is 18.2 Å². The first kappa shape index (κ1) is 14.3. The maximum absolute atomic E-state index is 5.88. The second-order valence-corrected chi connectivity index (χ2v) is 5.03. The second kappa shape index (κ2) is 6.03. The highest BCUT2D eigenvalue weighted by molar-refractivity contribution is 5.90. The van der Waals surface area contributed by atoms with E-state index in [4.69, 9.17) is 15.2 Å². The molecule has 22 heavy (non-hydrogen) atoms. The quantitative estimate of drug-likeness (QED) is 0.577. The van der Waals surface area contributed by atoms with Crippen LogP contribution in [-0.4, -0.2) is 35.1 Å². The van der Waals surface area contributed by atoms with E-state index in [0.29, 0.717) is 18.9 Å².